The van der Waals surface area contributed by atoms with Gasteiger partial charge in [0.05, 0.1) is 6.04 Å². The van der Waals surface area contributed by atoms with Crippen LogP contribution in [-0.4, -0.2) is 9.36 Å². The van der Waals surface area contributed by atoms with Crippen molar-refractivity contribution in [2.24, 2.45) is 5.92 Å². The fourth-order valence-corrected chi connectivity index (χ4v) is 3.57. The summed E-state index contributed by atoms with van der Waals surface area (Å²) in [6.45, 7) is 1.87. The molecule has 20 heavy (non-hydrogen) atoms. The van der Waals surface area contributed by atoms with E-state index in [-0.39, 0.29) is 11.9 Å². The predicted molar refractivity (Wildman–Crippen MR) is 79.4 cm³/mol. The van der Waals surface area contributed by atoms with Crippen LogP contribution in [-0.2, 0) is 0 Å². The molecule has 0 bridgehead atoms. The normalized spacial score (nSPS) is 17.3. The van der Waals surface area contributed by atoms with Gasteiger partial charge in [0, 0.05) is 17.1 Å². The number of benzene rings is 1. The lowest BCUT2D eigenvalue weighted by Crippen LogP contribution is -2.20. The molecule has 0 spiro atoms. The number of hydrogen-bond acceptors (Lipinski definition) is 4. The molecule has 5 heteroatoms. The predicted octanol–water partition coefficient (Wildman–Crippen LogP) is 4.33. The van der Waals surface area contributed by atoms with E-state index in [0.29, 0.717) is 5.92 Å². The number of nitrogens with one attached hydrogen (secondary N) is 1. The van der Waals surface area contributed by atoms with Crippen LogP contribution in [0.15, 0.2) is 24.3 Å². The smallest absolute Gasteiger partial charge is 0.203 e. The lowest BCUT2D eigenvalue weighted by atomic mass is 9.91. The second-order valence-electron chi connectivity index (χ2n) is 5.33. The van der Waals surface area contributed by atoms with Gasteiger partial charge in [-0.3, -0.25) is 0 Å². The average Bonchev–Trinajstić information content (AvgIpc) is 3.08. The number of aromatic nitrogens is 2. The summed E-state index contributed by atoms with van der Waals surface area (Å²) in [7, 11) is 0. The minimum absolute atomic E-state index is 0.00829. The van der Waals surface area contributed by atoms with Crippen LogP contribution in [0.25, 0.3) is 0 Å². The van der Waals surface area contributed by atoms with E-state index in [1.807, 2.05) is 19.1 Å². The zero-order valence-corrected chi connectivity index (χ0v) is 12.3. The van der Waals surface area contributed by atoms with Crippen LogP contribution >= 0.6 is 11.5 Å². The standard InChI is InChI=1S/C15H18FN3S/c1-10-17-15(20-19-10)18-14(11-6-2-3-7-11)12-8-4-5-9-13(12)16/h4-5,8-9,11,14H,2-3,6-7H2,1H3,(H,17,18,19). The summed E-state index contributed by atoms with van der Waals surface area (Å²) >= 11 is 1.34. The number of anilines is 1. The van der Waals surface area contributed by atoms with Gasteiger partial charge in [0.15, 0.2) is 0 Å². The van der Waals surface area contributed by atoms with Crippen molar-refractivity contribution >= 4 is 16.7 Å². The molecule has 0 amide bonds. The molecule has 0 radical (unpaired) electrons. The lowest BCUT2D eigenvalue weighted by molar-refractivity contribution is 0.452. The van der Waals surface area contributed by atoms with Crippen molar-refractivity contribution < 1.29 is 4.39 Å². The van der Waals surface area contributed by atoms with Crippen molar-refractivity contribution in [2.75, 3.05) is 5.32 Å². The molecule has 1 fully saturated rings. The van der Waals surface area contributed by atoms with Crippen molar-refractivity contribution in [1.82, 2.24) is 9.36 Å². The Labute approximate surface area is 122 Å². The molecule has 1 aromatic carbocycles. The highest BCUT2D eigenvalue weighted by Crippen LogP contribution is 2.38. The molecule has 106 valence electrons. The van der Waals surface area contributed by atoms with Gasteiger partial charge in [-0.15, -0.1) is 0 Å². The molecule has 1 unspecified atom stereocenters. The maximum Gasteiger partial charge on any atom is 0.203 e. The first kappa shape index (κ1) is 13.5. The average molecular weight is 291 g/mol. The Morgan fingerprint density at radius 2 is 2.05 bits per heavy atom. The molecular formula is C15H18FN3S. The van der Waals surface area contributed by atoms with Crippen LogP contribution in [0.2, 0.25) is 0 Å². The number of hydrogen-bond donors (Lipinski definition) is 1. The highest BCUT2D eigenvalue weighted by atomic mass is 32.1. The molecule has 0 aliphatic heterocycles. The highest BCUT2D eigenvalue weighted by Gasteiger charge is 2.28. The maximum absolute atomic E-state index is 14.1. The fraction of sp³-hybridized carbons (Fsp3) is 0.467. The molecule has 1 aliphatic rings. The van der Waals surface area contributed by atoms with Gasteiger partial charge in [0.1, 0.15) is 11.6 Å². The SMILES string of the molecule is Cc1nsc(NC(c2ccccc2F)C2CCCC2)n1. The summed E-state index contributed by atoms with van der Waals surface area (Å²) in [5, 5.41) is 4.18. The van der Waals surface area contributed by atoms with Crippen molar-refractivity contribution in [3.05, 3.63) is 41.5 Å². The third-order valence-corrected chi connectivity index (χ3v) is 4.66. The first-order chi connectivity index (χ1) is 9.74. The molecule has 1 atom stereocenters. The van der Waals surface area contributed by atoms with Crippen molar-refractivity contribution in [1.29, 1.82) is 0 Å². The Balaban J connectivity index is 1.89. The maximum atomic E-state index is 14.1. The van der Waals surface area contributed by atoms with E-state index in [1.165, 1.54) is 30.4 Å². The van der Waals surface area contributed by atoms with Gasteiger partial charge in [-0.25, -0.2) is 9.37 Å². The zero-order valence-electron chi connectivity index (χ0n) is 11.5. The Morgan fingerprint density at radius 1 is 1.30 bits per heavy atom. The van der Waals surface area contributed by atoms with Crippen LogP contribution in [0.3, 0.4) is 0 Å². The molecule has 1 aromatic heterocycles. The van der Waals surface area contributed by atoms with Gasteiger partial charge in [-0.1, -0.05) is 31.0 Å². The minimum Gasteiger partial charge on any atom is -0.353 e. The van der Waals surface area contributed by atoms with E-state index < -0.39 is 0 Å². The molecule has 3 nitrogen and oxygen atoms in total. The molecule has 2 aromatic rings. The van der Waals surface area contributed by atoms with Crippen molar-refractivity contribution in [2.45, 2.75) is 38.6 Å². The summed E-state index contributed by atoms with van der Waals surface area (Å²) in [5.41, 5.74) is 0.743. The topological polar surface area (TPSA) is 37.8 Å². The van der Waals surface area contributed by atoms with Gasteiger partial charge >= 0.3 is 0 Å². The second-order valence-corrected chi connectivity index (χ2v) is 6.09. The largest absolute Gasteiger partial charge is 0.353 e. The van der Waals surface area contributed by atoms with E-state index in [0.717, 1.165) is 29.4 Å². The lowest BCUT2D eigenvalue weighted by Gasteiger charge is -2.25. The molecule has 1 N–H and O–H groups in total. The monoisotopic (exact) mass is 291 g/mol. The summed E-state index contributed by atoms with van der Waals surface area (Å²) in [5.74, 6) is 1.09. The quantitative estimate of drug-likeness (QED) is 0.911. The number of nitrogens with zero attached hydrogens (tertiary/aromatic N) is 2. The Kier molecular flexibility index (Phi) is 3.96. The van der Waals surface area contributed by atoms with Gasteiger partial charge < -0.3 is 5.32 Å². The van der Waals surface area contributed by atoms with Crippen LogP contribution in [0.1, 0.15) is 43.1 Å². The molecule has 1 aliphatic carbocycles. The molecule has 3 rings (SSSR count). The number of halogens is 1. The van der Waals surface area contributed by atoms with Gasteiger partial charge in [0.25, 0.3) is 0 Å². The fourth-order valence-electron chi connectivity index (χ4n) is 2.96. The Bertz CT molecular complexity index is 578. The number of rotatable bonds is 4. The Hall–Kier alpha value is -1.49. The third kappa shape index (κ3) is 2.82. The Morgan fingerprint density at radius 3 is 2.70 bits per heavy atom. The summed E-state index contributed by atoms with van der Waals surface area (Å²) in [6.07, 6.45) is 4.74. The first-order valence-corrected chi connectivity index (χ1v) is 7.82. The van der Waals surface area contributed by atoms with Crippen molar-refractivity contribution in [3.8, 4) is 0 Å². The molecular weight excluding hydrogens is 273 g/mol. The number of aryl methyl sites for hydroxylation is 1. The van der Waals surface area contributed by atoms with E-state index in [2.05, 4.69) is 14.7 Å². The molecule has 1 saturated carbocycles. The zero-order chi connectivity index (χ0) is 13.9. The van der Waals surface area contributed by atoms with E-state index >= 15 is 0 Å². The van der Waals surface area contributed by atoms with Gasteiger partial charge in [0.2, 0.25) is 5.13 Å². The van der Waals surface area contributed by atoms with Gasteiger partial charge in [-0.05, 0) is 31.7 Å². The van der Waals surface area contributed by atoms with Crippen molar-refractivity contribution in [3.63, 3.8) is 0 Å². The third-order valence-electron chi connectivity index (χ3n) is 3.92. The van der Waals surface area contributed by atoms with Crippen LogP contribution in [0.4, 0.5) is 9.52 Å². The van der Waals surface area contributed by atoms with Crippen LogP contribution in [0, 0.1) is 18.7 Å². The summed E-state index contributed by atoms with van der Waals surface area (Å²) in [6, 6.07) is 7.03. The van der Waals surface area contributed by atoms with Gasteiger partial charge in [-0.2, -0.15) is 4.37 Å². The summed E-state index contributed by atoms with van der Waals surface area (Å²) in [4.78, 5) is 4.35. The van der Waals surface area contributed by atoms with Crippen LogP contribution < -0.4 is 5.32 Å². The minimum atomic E-state index is -0.141. The first-order valence-electron chi connectivity index (χ1n) is 7.05. The summed E-state index contributed by atoms with van der Waals surface area (Å²) < 4.78 is 18.3. The highest BCUT2D eigenvalue weighted by molar-refractivity contribution is 7.09. The van der Waals surface area contributed by atoms with E-state index in [4.69, 9.17) is 0 Å². The van der Waals surface area contributed by atoms with E-state index in [9.17, 15) is 4.39 Å². The second kappa shape index (κ2) is 5.87. The molecule has 0 saturated heterocycles. The van der Waals surface area contributed by atoms with Crippen LogP contribution in [0.5, 0.6) is 0 Å². The molecule has 1 heterocycles. The van der Waals surface area contributed by atoms with E-state index in [1.54, 1.807) is 6.07 Å².